The van der Waals surface area contributed by atoms with Crippen LogP contribution in [0.3, 0.4) is 0 Å². The van der Waals surface area contributed by atoms with Gasteiger partial charge in [0.05, 0.1) is 25.6 Å². The molecular formula is C26H24Cl2F2N4O5. The van der Waals surface area contributed by atoms with Crippen LogP contribution in [0.4, 0.5) is 8.78 Å². The third-order valence-corrected chi connectivity index (χ3v) is 7.41. The third-order valence-electron chi connectivity index (χ3n) is 7.00. The molecule has 1 saturated heterocycles. The van der Waals surface area contributed by atoms with Gasteiger partial charge in [-0.1, -0.05) is 23.7 Å². The fourth-order valence-corrected chi connectivity index (χ4v) is 5.42. The molecule has 2 atom stereocenters. The Labute approximate surface area is 232 Å². The van der Waals surface area contributed by atoms with E-state index in [-0.39, 0.29) is 49.3 Å². The first-order chi connectivity index (χ1) is 18.5. The second-order valence-corrected chi connectivity index (χ2v) is 10.5. The lowest BCUT2D eigenvalue weighted by Gasteiger charge is -2.39. The highest BCUT2D eigenvalue weighted by Gasteiger charge is 2.43. The first-order valence-electron chi connectivity index (χ1n) is 12.1. The quantitative estimate of drug-likeness (QED) is 0.391. The van der Waals surface area contributed by atoms with Crippen molar-refractivity contribution in [3.8, 4) is 11.4 Å². The van der Waals surface area contributed by atoms with Crippen LogP contribution in [0.1, 0.15) is 53.4 Å². The second-order valence-electron chi connectivity index (χ2n) is 9.56. The molecule has 13 heteroatoms. The molecule has 0 bridgehead atoms. The molecule has 0 aliphatic carbocycles. The lowest BCUT2D eigenvalue weighted by Crippen LogP contribution is -2.51. The monoisotopic (exact) mass is 580 g/mol. The highest BCUT2D eigenvalue weighted by atomic mass is 35.5. The molecule has 1 N–H and O–H groups in total. The number of carboxylic acids is 1. The number of fused-ring (bicyclic) bond motifs is 3. The maximum atomic E-state index is 14.5. The minimum absolute atomic E-state index is 0.0205. The number of methoxy groups -OCH3 is 1. The molecule has 2 aliphatic rings. The maximum Gasteiger partial charge on any atom is 0.382 e. The summed E-state index contributed by atoms with van der Waals surface area (Å²) in [6.45, 7) is 2.40. The Hall–Kier alpha value is -3.28. The molecule has 0 unspecified atom stereocenters. The molecule has 3 heterocycles. The third kappa shape index (κ3) is 5.18. The molecule has 39 heavy (non-hydrogen) atoms. The van der Waals surface area contributed by atoms with E-state index in [0.29, 0.717) is 21.9 Å². The highest BCUT2D eigenvalue weighted by Crippen LogP contribution is 2.46. The summed E-state index contributed by atoms with van der Waals surface area (Å²) in [6, 6.07) is 10.1. The minimum Gasteiger partial charge on any atom is -0.496 e. The van der Waals surface area contributed by atoms with Gasteiger partial charge in [0.25, 0.3) is 0 Å². The fourth-order valence-electron chi connectivity index (χ4n) is 5.12. The van der Waals surface area contributed by atoms with Gasteiger partial charge in [0.15, 0.2) is 5.82 Å². The van der Waals surface area contributed by atoms with E-state index in [0.717, 1.165) is 10.1 Å². The van der Waals surface area contributed by atoms with Crippen LogP contribution in [-0.4, -0.2) is 56.8 Å². The Bertz CT molecular complexity index is 1440. The lowest BCUT2D eigenvalue weighted by molar-refractivity contribution is -0.147. The number of nitrogens with zero attached hydrogens (tertiary/aromatic N) is 4. The van der Waals surface area contributed by atoms with Gasteiger partial charge in [0.1, 0.15) is 18.0 Å². The molecule has 1 amide bonds. The van der Waals surface area contributed by atoms with Crippen molar-refractivity contribution < 1.29 is 33.0 Å². The molecule has 1 aromatic heterocycles. The van der Waals surface area contributed by atoms with Crippen LogP contribution in [0, 0.1) is 12.8 Å². The van der Waals surface area contributed by atoms with Gasteiger partial charge in [0.2, 0.25) is 11.7 Å². The van der Waals surface area contributed by atoms with Gasteiger partial charge in [-0.25, -0.2) is 0 Å². The Balaban J connectivity index is 1.61. The van der Waals surface area contributed by atoms with E-state index in [9.17, 15) is 18.4 Å². The van der Waals surface area contributed by atoms with E-state index in [1.54, 1.807) is 30.3 Å². The Kier molecular flexibility index (Phi) is 7.25. The van der Waals surface area contributed by atoms with Gasteiger partial charge in [-0.05, 0) is 53.9 Å². The van der Waals surface area contributed by atoms with Gasteiger partial charge in [-0.2, -0.15) is 8.78 Å². The predicted molar refractivity (Wildman–Crippen MR) is 136 cm³/mol. The van der Waals surface area contributed by atoms with E-state index >= 15 is 0 Å². The summed E-state index contributed by atoms with van der Waals surface area (Å²) < 4.78 is 42.2. The lowest BCUT2D eigenvalue weighted by atomic mass is 9.95. The van der Waals surface area contributed by atoms with Crippen LogP contribution in [0.25, 0.3) is 5.69 Å². The topological polar surface area (TPSA) is 107 Å². The molecule has 0 radical (unpaired) electrons. The summed E-state index contributed by atoms with van der Waals surface area (Å²) in [5, 5.41) is 13.1. The molecule has 9 nitrogen and oxygen atoms in total. The van der Waals surface area contributed by atoms with Crippen molar-refractivity contribution in [2.24, 2.45) is 5.92 Å². The van der Waals surface area contributed by atoms with E-state index in [1.165, 1.54) is 12.0 Å². The molecule has 3 aromatic rings. The van der Waals surface area contributed by atoms with Crippen molar-refractivity contribution in [1.29, 1.82) is 0 Å². The summed E-state index contributed by atoms with van der Waals surface area (Å²) in [5.41, 5.74) is 2.16. The van der Waals surface area contributed by atoms with Crippen LogP contribution < -0.4 is 4.74 Å². The van der Waals surface area contributed by atoms with Gasteiger partial charge >= 0.3 is 11.4 Å². The molecule has 2 aliphatic heterocycles. The van der Waals surface area contributed by atoms with Crippen LogP contribution >= 0.6 is 23.2 Å². The predicted octanol–water partition coefficient (Wildman–Crippen LogP) is 5.01. The molecule has 206 valence electrons. The number of carboxylic acid groups (broad SMARTS) is 1. The number of carbonyl (C=O) groups is 2. The molecule has 0 spiro atoms. The Morgan fingerprint density at radius 2 is 1.92 bits per heavy atom. The number of ether oxygens (including phenoxy) is 2. The highest BCUT2D eigenvalue weighted by molar-refractivity contribution is 6.30. The zero-order valence-electron chi connectivity index (χ0n) is 20.9. The van der Waals surface area contributed by atoms with Crippen molar-refractivity contribution in [2.45, 2.75) is 37.4 Å². The number of carbonyl (C=O) groups excluding carboxylic acids is 1. The van der Waals surface area contributed by atoms with E-state index in [1.807, 2.05) is 13.0 Å². The SMILES string of the molecule is COc1cccc([C@H]2O[C@H](CC(=O)N3CC(CC(=O)O)C3)c3nnc(C(F)(F)Cl)n3-c3ccc(Cl)cc32)c1C. The van der Waals surface area contributed by atoms with E-state index < -0.39 is 29.4 Å². The maximum absolute atomic E-state index is 14.5. The van der Waals surface area contributed by atoms with Crippen molar-refractivity contribution in [3.05, 3.63) is 69.8 Å². The number of halogens is 4. The molecule has 0 saturated carbocycles. The summed E-state index contributed by atoms with van der Waals surface area (Å²) in [5.74, 6) is -1.67. The van der Waals surface area contributed by atoms with Crippen LogP contribution in [0.15, 0.2) is 36.4 Å². The first kappa shape index (κ1) is 27.3. The number of hydrogen-bond acceptors (Lipinski definition) is 6. The Morgan fingerprint density at radius 1 is 1.18 bits per heavy atom. The number of amides is 1. The fraction of sp³-hybridized carbons (Fsp3) is 0.385. The number of aromatic nitrogens is 3. The normalized spacial score (nSPS) is 19.1. The number of likely N-dealkylation sites (tertiary alicyclic amines) is 1. The average molecular weight is 581 g/mol. The average Bonchev–Trinajstić information content (AvgIpc) is 3.25. The summed E-state index contributed by atoms with van der Waals surface area (Å²) in [7, 11) is 1.53. The van der Waals surface area contributed by atoms with Crippen molar-refractivity contribution >= 4 is 35.1 Å². The van der Waals surface area contributed by atoms with Crippen LogP contribution in [-0.2, 0) is 19.7 Å². The summed E-state index contributed by atoms with van der Waals surface area (Å²) >= 11 is 11.8. The zero-order chi connectivity index (χ0) is 28.1. The van der Waals surface area contributed by atoms with E-state index in [4.69, 9.17) is 37.8 Å². The van der Waals surface area contributed by atoms with Crippen LogP contribution in [0.5, 0.6) is 5.75 Å². The van der Waals surface area contributed by atoms with Crippen molar-refractivity contribution in [2.75, 3.05) is 20.2 Å². The standard InChI is InChI=1S/C26H24Cl2F2N4O5/c1-13-16(4-3-5-19(13)38-2)23-17-9-15(27)6-7-18(17)34-24(31-32-25(34)26(28,29)30)20(39-23)10-21(35)33-11-14(12-33)8-22(36)37/h3-7,9,14,20,23H,8,10-12H2,1-2H3,(H,36,37)/t20-,23-/m1/s1. The van der Waals surface area contributed by atoms with Gasteiger partial charge in [-0.3, -0.25) is 14.2 Å². The summed E-state index contributed by atoms with van der Waals surface area (Å²) in [6.07, 6.45) is -2.23. The first-order valence-corrected chi connectivity index (χ1v) is 12.8. The second kappa shape index (κ2) is 10.4. The van der Waals surface area contributed by atoms with Crippen molar-refractivity contribution in [3.63, 3.8) is 0 Å². The Morgan fingerprint density at radius 3 is 2.59 bits per heavy atom. The number of benzene rings is 2. The smallest absolute Gasteiger partial charge is 0.382 e. The number of rotatable bonds is 7. The van der Waals surface area contributed by atoms with Gasteiger partial charge in [-0.15, -0.1) is 10.2 Å². The molecule has 2 aromatic carbocycles. The number of alkyl halides is 3. The van der Waals surface area contributed by atoms with Gasteiger partial charge < -0.3 is 19.5 Å². The molecular weight excluding hydrogens is 557 g/mol. The zero-order valence-corrected chi connectivity index (χ0v) is 22.4. The molecule has 1 fully saturated rings. The van der Waals surface area contributed by atoms with Crippen molar-refractivity contribution in [1.82, 2.24) is 19.7 Å². The van der Waals surface area contributed by atoms with Gasteiger partial charge in [0, 0.05) is 29.6 Å². The number of aliphatic carboxylic acids is 1. The largest absolute Gasteiger partial charge is 0.496 e. The molecule has 5 rings (SSSR count). The summed E-state index contributed by atoms with van der Waals surface area (Å²) in [4.78, 5) is 25.7. The van der Waals surface area contributed by atoms with Crippen LogP contribution in [0.2, 0.25) is 5.02 Å². The number of hydrogen-bond donors (Lipinski definition) is 1. The van der Waals surface area contributed by atoms with E-state index in [2.05, 4.69) is 10.2 Å². The minimum atomic E-state index is -3.87.